The summed E-state index contributed by atoms with van der Waals surface area (Å²) in [5.41, 5.74) is 7.68. The van der Waals surface area contributed by atoms with Crippen LogP contribution in [0.2, 0.25) is 0 Å². The fraction of sp³-hybridized carbons (Fsp3) is 0.405. The summed E-state index contributed by atoms with van der Waals surface area (Å²) in [4.78, 5) is 10.5. The van der Waals surface area contributed by atoms with Crippen molar-refractivity contribution in [1.29, 1.82) is 0 Å². The number of aliphatic hydroxyl groups excluding tert-OH is 1. The zero-order valence-electron chi connectivity index (χ0n) is 30.1. The summed E-state index contributed by atoms with van der Waals surface area (Å²) in [5.74, 6) is 0. The third-order valence-electron chi connectivity index (χ3n) is 8.53. The van der Waals surface area contributed by atoms with Crippen molar-refractivity contribution in [3.8, 4) is 0 Å². The van der Waals surface area contributed by atoms with E-state index >= 15 is 0 Å². The minimum Gasteiger partial charge on any atom is -0.379 e. The molecule has 280 valence electrons. The average Bonchev–Trinajstić information content (AvgIpc) is 3.41. The Balaban J connectivity index is 0.000000233. The van der Waals surface area contributed by atoms with Crippen molar-refractivity contribution in [2.45, 2.75) is 94.2 Å². The first-order valence-electron chi connectivity index (χ1n) is 17.3. The normalized spacial score (nSPS) is 20.1. The number of rotatable bonds is 17. The van der Waals surface area contributed by atoms with E-state index in [9.17, 15) is 18.7 Å². The molecule has 0 aromatic heterocycles. The SMILES string of the molecule is Cc1ccc(COC[C@H](Br)[C@@H](OCc2ccc(C)cc2)[C@H](F)C=O)cc1.Cc1ccc(COC[C@H]2SC(O)[C@@H](F)[C@@H]2OCc2ccc(C)cc2)cc1. The van der Waals surface area contributed by atoms with Gasteiger partial charge in [0.1, 0.15) is 17.6 Å². The largest absolute Gasteiger partial charge is 0.379 e. The van der Waals surface area contributed by atoms with Crippen molar-refractivity contribution in [2.24, 2.45) is 0 Å². The monoisotopic (exact) mass is 798 g/mol. The minimum absolute atomic E-state index is 0.226. The first-order chi connectivity index (χ1) is 25.0. The van der Waals surface area contributed by atoms with E-state index in [0.717, 1.165) is 27.8 Å². The van der Waals surface area contributed by atoms with Gasteiger partial charge < -0.3 is 28.8 Å². The molecule has 1 aliphatic rings. The van der Waals surface area contributed by atoms with Crippen LogP contribution >= 0.6 is 27.7 Å². The zero-order valence-corrected chi connectivity index (χ0v) is 32.5. The fourth-order valence-electron chi connectivity index (χ4n) is 5.30. The first kappa shape index (κ1) is 41.8. The van der Waals surface area contributed by atoms with Crippen molar-refractivity contribution >= 4 is 34.0 Å². The number of hydrogen-bond donors (Lipinski definition) is 1. The number of aldehydes is 1. The van der Waals surface area contributed by atoms with E-state index < -0.39 is 34.8 Å². The minimum atomic E-state index is -1.72. The Morgan fingerprint density at radius 2 is 1.13 bits per heavy atom. The maximum Gasteiger partial charge on any atom is 0.182 e. The number of halogens is 3. The van der Waals surface area contributed by atoms with Gasteiger partial charge >= 0.3 is 0 Å². The van der Waals surface area contributed by atoms with Crippen LogP contribution in [0.5, 0.6) is 0 Å². The number of aliphatic hydroxyl groups is 1. The molecule has 1 unspecified atom stereocenters. The quantitative estimate of drug-likeness (QED) is 0.0846. The van der Waals surface area contributed by atoms with Gasteiger partial charge in [0.2, 0.25) is 0 Å². The van der Waals surface area contributed by atoms with Gasteiger partial charge in [0.15, 0.2) is 18.6 Å². The van der Waals surface area contributed by atoms with Crippen molar-refractivity contribution in [2.75, 3.05) is 13.2 Å². The lowest BCUT2D eigenvalue weighted by molar-refractivity contribution is -0.118. The topological polar surface area (TPSA) is 74.2 Å². The third-order valence-corrected chi connectivity index (χ3v) is 10.6. The number of carbonyl (C=O) groups is 1. The van der Waals surface area contributed by atoms with Crippen LogP contribution in [-0.2, 0) is 50.2 Å². The molecular formula is C42H49BrF2O6S. The summed E-state index contributed by atoms with van der Waals surface area (Å²) in [7, 11) is 0. The Labute approximate surface area is 319 Å². The first-order valence-corrected chi connectivity index (χ1v) is 19.2. The molecule has 5 rings (SSSR count). The van der Waals surface area contributed by atoms with Crippen LogP contribution in [0.3, 0.4) is 0 Å². The molecule has 0 spiro atoms. The predicted octanol–water partition coefficient (Wildman–Crippen LogP) is 8.88. The molecule has 1 N–H and O–H groups in total. The summed E-state index contributed by atoms with van der Waals surface area (Å²) in [5, 5.41) is 9.65. The van der Waals surface area contributed by atoms with Gasteiger partial charge in [0.25, 0.3) is 0 Å². The van der Waals surface area contributed by atoms with E-state index in [-0.39, 0.29) is 24.7 Å². The lowest BCUT2D eigenvalue weighted by Gasteiger charge is -2.24. The van der Waals surface area contributed by atoms with E-state index in [1.807, 2.05) is 125 Å². The Morgan fingerprint density at radius 3 is 1.60 bits per heavy atom. The summed E-state index contributed by atoms with van der Waals surface area (Å²) >= 11 is 4.59. The van der Waals surface area contributed by atoms with Gasteiger partial charge in [0, 0.05) is 0 Å². The molecule has 6 nitrogen and oxygen atoms in total. The van der Waals surface area contributed by atoms with E-state index in [1.54, 1.807) is 0 Å². The number of thioether (sulfide) groups is 1. The van der Waals surface area contributed by atoms with Crippen molar-refractivity contribution < 1.29 is 37.6 Å². The molecule has 0 amide bonds. The predicted molar refractivity (Wildman–Crippen MR) is 207 cm³/mol. The zero-order chi connectivity index (χ0) is 37.5. The molecule has 1 fully saturated rings. The second-order valence-corrected chi connectivity index (χ2v) is 15.7. The molecule has 4 aromatic carbocycles. The Kier molecular flexibility index (Phi) is 17.4. The van der Waals surface area contributed by atoms with Crippen LogP contribution in [-0.4, -0.2) is 64.7 Å². The lowest BCUT2D eigenvalue weighted by atomic mass is 10.1. The lowest BCUT2D eigenvalue weighted by Crippen LogP contribution is -2.37. The van der Waals surface area contributed by atoms with Crippen LogP contribution in [0.1, 0.15) is 44.5 Å². The standard InChI is InChI=1S/C21H24BrFO3.C21H25FO3S/c1-15-3-7-17(8-4-15)12-25-14-19(22)21(20(23)11-24)26-13-18-9-5-16(2)6-10-18;1-14-3-7-16(8-4-14)11-24-13-18-20(19(22)21(23)26-18)25-12-17-9-5-15(2)6-10-17/h3-11,19-21H,12-14H2,1-2H3;3-10,18-21,23H,11-13H2,1-2H3/t19-,20+,21+;18-,19+,20-,21?/m01/s1. The number of hydrogen-bond acceptors (Lipinski definition) is 7. The summed E-state index contributed by atoms with van der Waals surface area (Å²) < 4.78 is 51.3. The maximum atomic E-state index is 14.3. The Hall–Kier alpha value is -2.96. The van der Waals surface area contributed by atoms with E-state index in [1.165, 1.54) is 28.5 Å². The molecule has 1 heterocycles. The smallest absolute Gasteiger partial charge is 0.182 e. The second kappa shape index (κ2) is 21.7. The van der Waals surface area contributed by atoms with Gasteiger partial charge in [-0.25, -0.2) is 8.78 Å². The van der Waals surface area contributed by atoms with E-state index in [0.29, 0.717) is 26.4 Å². The number of ether oxygens (including phenoxy) is 4. The summed E-state index contributed by atoms with van der Waals surface area (Å²) in [6.45, 7) is 10.1. The highest BCUT2D eigenvalue weighted by Crippen LogP contribution is 2.37. The van der Waals surface area contributed by atoms with Crippen LogP contribution in [0.4, 0.5) is 8.78 Å². The van der Waals surface area contributed by atoms with Crippen LogP contribution in [0, 0.1) is 27.7 Å². The van der Waals surface area contributed by atoms with Crippen LogP contribution in [0.25, 0.3) is 0 Å². The molecular weight excluding hydrogens is 750 g/mol. The number of benzene rings is 4. The highest BCUT2D eigenvalue weighted by atomic mass is 79.9. The third kappa shape index (κ3) is 13.8. The Morgan fingerprint density at radius 1 is 0.712 bits per heavy atom. The molecule has 7 atom stereocenters. The molecule has 1 aliphatic heterocycles. The molecule has 0 radical (unpaired) electrons. The average molecular weight is 800 g/mol. The van der Waals surface area contributed by atoms with E-state index in [2.05, 4.69) is 15.9 Å². The molecule has 10 heteroatoms. The molecule has 0 aliphatic carbocycles. The summed E-state index contributed by atoms with van der Waals surface area (Å²) in [6.07, 6.45) is -4.43. The van der Waals surface area contributed by atoms with Gasteiger partial charge in [-0.3, -0.25) is 0 Å². The van der Waals surface area contributed by atoms with Gasteiger partial charge in [-0.05, 0) is 49.9 Å². The number of carbonyl (C=O) groups excluding carboxylic acids is 1. The molecule has 0 saturated carbocycles. The summed E-state index contributed by atoms with van der Waals surface area (Å²) in [6, 6.07) is 31.9. The molecule has 0 bridgehead atoms. The number of aryl methyl sites for hydroxylation is 4. The Bertz CT molecular complexity index is 1610. The van der Waals surface area contributed by atoms with Gasteiger partial charge in [-0.1, -0.05) is 135 Å². The van der Waals surface area contributed by atoms with Crippen molar-refractivity contribution in [3.63, 3.8) is 0 Å². The number of alkyl halides is 3. The highest BCUT2D eigenvalue weighted by molar-refractivity contribution is 9.09. The van der Waals surface area contributed by atoms with Gasteiger partial charge in [0.05, 0.1) is 49.7 Å². The highest BCUT2D eigenvalue weighted by Gasteiger charge is 2.44. The van der Waals surface area contributed by atoms with E-state index in [4.69, 9.17) is 18.9 Å². The van der Waals surface area contributed by atoms with Gasteiger partial charge in [-0.2, -0.15) is 0 Å². The second-order valence-electron chi connectivity index (χ2n) is 13.1. The van der Waals surface area contributed by atoms with Crippen molar-refractivity contribution in [3.05, 3.63) is 142 Å². The maximum absolute atomic E-state index is 14.3. The van der Waals surface area contributed by atoms with Crippen LogP contribution < -0.4 is 0 Å². The molecule has 1 saturated heterocycles. The molecule has 52 heavy (non-hydrogen) atoms. The molecule has 4 aromatic rings. The van der Waals surface area contributed by atoms with Crippen molar-refractivity contribution in [1.82, 2.24) is 0 Å². The fourth-order valence-corrected chi connectivity index (χ4v) is 7.16. The van der Waals surface area contributed by atoms with Gasteiger partial charge in [-0.15, -0.1) is 11.8 Å². The van der Waals surface area contributed by atoms with Crippen LogP contribution in [0.15, 0.2) is 97.1 Å².